The summed E-state index contributed by atoms with van der Waals surface area (Å²) in [4.78, 5) is 1.73. The van der Waals surface area contributed by atoms with Crippen molar-refractivity contribution in [3.63, 3.8) is 0 Å². The van der Waals surface area contributed by atoms with Gasteiger partial charge in [-0.15, -0.1) is 0 Å². The molecule has 0 fully saturated rings. The normalized spacial score (nSPS) is 12.3. The van der Waals surface area contributed by atoms with E-state index < -0.39 is 11.9 Å². The van der Waals surface area contributed by atoms with Crippen LogP contribution in [0, 0.1) is 5.82 Å². The number of hydrogen-bond acceptors (Lipinski definition) is 4. The van der Waals surface area contributed by atoms with Crippen molar-refractivity contribution < 1.29 is 14.2 Å². The Morgan fingerprint density at radius 1 is 1.63 bits per heavy atom. The number of thiocarbonyl (C=S) groups is 1. The van der Waals surface area contributed by atoms with Gasteiger partial charge >= 0.3 is 0 Å². The Labute approximate surface area is 125 Å². The molecule has 1 atom stereocenters. The third-order valence-electron chi connectivity index (χ3n) is 2.58. The number of ether oxygens (including phenoxy) is 1. The first-order chi connectivity index (χ1) is 8.88. The molecule has 1 unspecified atom stereocenters. The van der Waals surface area contributed by atoms with E-state index in [1.165, 1.54) is 7.11 Å². The first-order valence-electron chi connectivity index (χ1n) is 5.54. The van der Waals surface area contributed by atoms with Crippen LogP contribution in [0.3, 0.4) is 0 Å². The van der Waals surface area contributed by atoms with Gasteiger partial charge in [-0.2, -0.15) is 0 Å². The van der Waals surface area contributed by atoms with Crippen LogP contribution in [0.5, 0.6) is 0 Å². The van der Waals surface area contributed by atoms with Crippen molar-refractivity contribution in [2.45, 2.75) is 6.10 Å². The lowest BCUT2D eigenvalue weighted by Crippen LogP contribution is -2.32. The number of hydrogen-bond donors (Lipinski definition) is 2. The zero-order valence-electron chi connectivity index (χ0n) is 10.7. The van der Waals surface area contributed by atoms with Crippen LogP contribution < -0.4 is 10.6 Å². The van der Waals surface area contributed by atoms with Crippen LogP contribution in [0.25, 0.3) is 0 Å². The summed E-state index contributed by atoms with van der Waals surface area (Å²) in [6.45, 7) is 0.446. The predicted octanol–water partition coefficient (Wildman–Crippen LogP) is 1.67. The molecule has 0 aliphatic carbocycles. The molecule has 0 saturated heterocycles. The summed E-state index contributed by atoms with van der Waals surface area (Å²) < 4.78 is 19.3. The summed E-state index contributed by atoms with van der Waals surface area (Å²) in [6, 6.07) is 3.22. The summed E-state index contributed by atoms with van der Waals surface area (Å²) >= 11 is 7.97. The predicted molar refractivity (Wildman–Crippen MR) is 81.1 cm³/mol. The fourth-order valence-corrected chi connectivity index (χ4v) is 2.53. The molecule has 0 saturated carbocycles. The quantitative estimate of drug-likeness (QED) is 0.764. The molecule has 0 aromatic heterocycles. The Bertz CT molecular complexity index is 473. The van der Waals surface area contributed by atoms with Crippen LogP contribution in [0.4, 0.5) is 10.1 Å². The third kappa shape index (κ3) is 4.10. The molecule has 4 nitrogen and oxygen atoms in total. The molecule has 7 heteroatoms. The fourth-order valence-electron chi connectivity index (χ4n) is 1.68. The molecule has 0 aliphatic heterocycles. The highest BCUT2D eigenvalue weighted by atomic mass is 79.9. The molecule has 1 rings (SSSR count). The summed E-state index contributed by atoms with van der Waals surface area (Å²) in [6.07, 6.45) is -0.691. The Balaban J connectivity index is 2.96. The molecule has 1 aromatic rings. The van der Waals surface area contributed by atoms with Gasteiger partial charge in [0.05, 0.1) is 22.9 Å². The first-order valence-corrected chi connectivity index (χ1v) is 6.74. The molecule has 3 N–H and O–H groups in total. The minimum absolute atomic E-state index is 0.124. The molecule has 1 aromatic carbocycles. The van der Waals surface area contributed by atoms with E-state index in [4.69, 9.17) is 22.7 Å². The maximum Gasteiger partial charge on any atom is 0.161 e. The lowest BCUT2D eigenvalue weighted by molar-refractivity contribution is 0.0694. The van der Waals surface area contributed by atoms with Crippen molar-refractivity contribution in [3.8, 4) is 0 Å². The van der Waals surface area contributed by atoms with Crippen LogP contribution in [-0.4, -0.2) is 43.5 Å². The number of halogens is 2. The van der Waals surface area contributed by atoms with Gasteiger partial charge in [0, 0.05) is 26.3 Å². The molecule has 19 heavy (non-hydrogen) atoms. The van der Waals surface area contributed by atoms with Gasteiger partial charge in [0.1, 0.15) is 4.99 Å². The van der Waals surface area contributed by atoms with Gasteiger partial charge in [0.15, 0.2) is 5.82 Å². The number of aliphatic hydroxyl groups is 1. The van der Waals surface area contributed by atoms with Crippen molar-refractivity contribution in [2.75, 3.05) is 32.2 Å². The zero-order chi connectivity index (χ0) is 14.6. The van der Waals surface area contributed by atoms with Crippen molar-refractivity contribution in [1.82, 2.24) is 0 Å². The Morgan fingerprint density at radius 2 is 2.26 bits per heavy atom. The van der Waals surface area contributed by atoms with E-state index in [1.54, 1.807) is 24.1 Å². The fraction of sp³-hybridized carbons (Fsp3) is 0.417. The monoisotopic (exact) mass is 350 g/mol. The number of aliphatic hydroxyl groups excluding tert-OH is 1. The number of nitrogens with two attached hydrogens (primary N) is 1. The molecule has 106 valence electrons. The molecule has 0 spiro atoms. The second-order valence-electron chi connectivity index (χ2n) is 4.11. The van der Waals surface area contributed by atoms with Crippen molar-refractivity contribution in [1.29, 1.82) is 0 Å². The van der Waals surface area contributed by atoms with Gasteiger partial charge < -0.3 is 20.5 Å². The second kappa shape index (κ2) is 7.14. The molecule has 0 amide bonds. The highest BCUT2D eigenvalue weighted by Gasteiger charge is 2.17. The Kier molecular flexibility index (Phi) is 6.12. The van der Waals surface area contributed by atoms with E-state index in [9.17, 15) is 9.50 Å². The van der Waals surface area contributed by atoms with E-state index in [0.717, 1.165) is 0 Å². The number of benzene rings is 1. The van der Waals surface area contributed by atoms with Gasteiger partial charge in [-0.25, -0.2) is 4.39 Å². The Hall–Kier alpha value is -0.760. The number of rotatable bonds is 6. The largest absolute Gasteiger partial charge is 0.389 e. The smallest absolute Gasteiger partial charge is 0.161 e. The Morgan fingerprint density at radius 3 is 2.79 bits per heavy atom. The highest BCUT2D eigenvalue weighted by Crippen LogP contribution is 2.29. The number of anilines is 1. The maximum atomic E-state index is 14.2. The third-order valence-corrected chi connectivity index (χ3v) is 3.58. The summed E-state index contributed by atoms with van der Waals surface area (Å²) in [7, 11) is 3.18. The van der Waals surface area contributed by atoms with Gasteiger partial charge in [0.25, 0.3) is 0 Å². The van der Waals surface area contributed by atoms with Gasteiger partial charge in [-0.1, -0.05) is 12.2 Å². The minimum atomic E-state index is -0.691. The van der Waals surface area contributed by atoms with E-state index in [2.05, 4.69) is 15.9 Å². The van der Waals surface area contributed by atoms with E-state index in [1.807, 2.05) is 0 Å². The standard InChI is InChI=1S/C12H16BrFN2O2S/c1-16(5-7(17)6-18-2)9-4-3-8(12(15)19)10(13)11(9)14/h3-4,7,17H,5-6H2,1-2H3,(H2,15,19). The lowest BCUT2D eigenvalue weighted by atomic mass is 10.2. The topological polar surface area (TPSA) is 58.7 Å². The van der Waals surface area contributed by atoms with Crippen molar-refractivity contribution in [2.24, 2.45) is 5.73 Å². The van der Waals surface area contributed by atoms with E-state index >= 15 is 0 Å². The molecule has 0 radical (unpaired) electrons. The first kappa shape index (κ1) is 16.3. The number of likely N-dealkylation sites (N-methyl/N-ethyl adjacent to an activating group) is 1. The highest BCUT2D eigenvalue weighted by molar-refractivity contribution is 9.10. The minimum Gasteiger partial charge on any atom is -0.389 e. The van der Waals surface area contributed by atoms with Crippen molar-refractivity contribution in [3.05, 3.63) is 28.0 Å². The second-order valence-corrected chi connectivity index (χ2v) is 5.35. The number of nitrogens with zero attached hydrogens (tertiary/aromatic N) is 1. The van der Waals surface area contributed by atoms with Crippen LogP contribution in [0.1, 0.15) is 5.56 Å². The molecular formula is C12H16BrFN2O2S. The van der Waals surface area contributed by atoms with Crippen molar-refractivity contribution >= 4 is 38.8 Å². The maximum absolute atomic E-state index is 14.2. The van der Waals surface area contributed by atoms with Crippen LogP contribution in [-0.2, 0) is 4.74 Å². The van der Waals surface area contributed by atoms with Gasteiger partial charge in [-0.05, 0) is 28.1 Å². The number of methoxy groups -OCH3 is 1. The van der Waals surface area contributed by atoms with E-state index in [0.29, 0.717) is 11.3 Å². The van der Waals surface area contributed by atoms with Crippen LogP contribution in [0.2, 0.25) is 0 Å². The molecule has 0 heterocycles. The van der Waals surface area contributed by atoms with Gasteiger partial charge in [-0.3, -0.25) is 0 Å². The van der Waals surface area contributed by atoms with Crippen LogP contribution in [0.15, 0.2) is 16.6 Å². The SMILES string of the molecule is COCC(O)CN(C)c1ccc(C(N)=S)c(Br)c1F. The molecular weight excluding hydrogens is 335 g/mol. The summed E-state index contributed by atoms with van der Waals surface area (Å²) in [5.74, 6) is -0.461. The summed E-state index contributed by atoms with van der Waals surface area (Å²) in [5, 5.41) is 9.64. The van der Waals surface area contributed by atoms with Crippen LogP contribution >= 0.6 is 28.1 Å². The average Bonchev–Trinajstić information content (AvgIpc) is 2.32. The summed E-state index contributed by atoms with van der Waals surface area (Å²) in [5.41, 5.74) is 6.29. The average molecular weight is 351 g/mol. The zero-order valence-corrected chi connectivity index (χ0v) is 13.1. The molecule has 0 bridgehead atoms. The molecule has 0 aliphatic rings. The lowest BCUT2D eigenvalue weighted by Gasteiger charge is -2.23. The van der Waals surface area contributed by atoms with Gasteiger partial charge in [0.2, 0.25) is 0 Å². The van der Waals surface area contributed by atoms with E-state index in [-0.39, 0.29) is 22.6 Å².